The number of halogens is 2. The molecule has 0 amide bonds. The molecule has 1 aromatic heterocycles. The van der Waals surface area contributed by atoms with Gasteiger partial charge in [-0.1, -0.05) is 35.4 Å². The highest BCUT2D eigenvalue weighted by atomic mass is 35.5. The summed E-state index contributed by atoms with van der Waals surface area (Å²) in [5.74, 6) is 0.616. The summed E-state index contributed by atoms with van der Waals surface area (Å²) < 4.78 is 7.37. The Bertz CT molecular complexity index is 670. The molecule has 0 atom stereocenters. The molecule has 0 bridgehead atoms. The molecule has 0 fully saturated rings. The van der Waals surface area contributed by atoms with Gasteiger partial charge >= 0.3 is 0 Å². The number of nitrogens with two attached hydrogens (primary N) is 1. The van der Waals surface area contributed by atoms with E-state index in [1.165, 1.54) is 0 Å². The molecule has 0 radical (unpaired) electrons. The third-order valence-corrected chi connectivity index (χ3v) is 3.87. The summed E-state index contributed by atoms with van der Waals surface area (Å²) in [4.78, 5) is 0.256. The van der Waals surface area contributed by atoms with Crippen LogP contribution in [0.15, 0.2) is 18.2 Å². The van der Waals surface area contributed by atoms with Gasteiger partial charge in [0.2, 0.25) is 0 Å². The van der Waals surface area contributed by atoms with Gasteiger partial charge in [0, 0.05) is 12.6 Å². The number of nitrogens with zero attached hydrogens (tertiary/aromatic N) is 2. The zero-order valence-electron chi connectivity index (χ0n) is 11.0. The molecule has 1 aromatic carbocycles. The summed E-state index contributed by atoms with van der Waals surface area (Å²) in [5.41, 5.74) is 7.75. The third kappa shape index (κ3) is 3.06. The summed E-state index contributed by atoms with van der Waals surface area (Å²) in [5, 5.41) is 5.29. The molecule has 0 spiro atoms. The van der Waals surface area contributed by atoms with Crippen LogP contribution in [0.1, 0.15) is 17.0 Å². The third-order valence-electron chi connectivity index (χ3n) is 2.84. The Kier molecular flexibility index (Phi) is 4.52. The topological polar surface area (TPSA) is 53.1 Å². The number of rotatable bonds is 4. The predicted octanol–water partition coefficient (Wildman–Crippen LogP) is 3.25. The van der Waals surface area contributed by atoms with E-state index in [-0.39, 0.29) is 4.99 Å². The fraction of sp³-hybridized carbons (Fsp3) is 0.231. The van der Waals surface area contributed by atoms with Gasteiger partial charge in [0.1, 0.15) is 17.3 Å². The molecule has 4 nitrogen and oxygen atoms in total. The quantitative estimate of drug-likeness (QED) is 0.875. The zero-order chi connectivity index (χ0) is 14.9. The van der Waals surface area contributed by atoms with Gasteiger partial charge in [0.25, 0.3) is 0 Å². The van der Waals surface area contributed by atoms with E-state index in [0.717, 1.165) is 11.4 Å². The van der Waals surface area contributed by atoms with Gasteiger partial charge in [-0.15, -0.1) is 0 Å². The largest absolute Gasteiger partial charge is 0.487 e. The molecule has 7 heteroatoms. The lowest BCUT2D eigenvalue weighted by Crippen LogP contribution is -2.10. The minimum atomic E-state index is 0.256. The minimum Gasteiger partial charge on any atom is -0.487 e. The Hall–Kier alpha value is -1.30. The Balaban J connectivity index is 2.15. The van der Waals surface area contributed by atoms with Crippen LogP contribution in [0.5, 0.6) is 5.75 Å². The maximum Gasteiger partial charge on any atom is 0.131 e. The SMILES string of the molecule is Cc1nn(C)c(COc2ccc(C(N)=S)c(Cl)c2)c1Cl. The second kappa shape index (κ2) is 5.99. The van der Waals surface area contributed by atoms with Gasteiger partial charge in [-0.25, -0.2) is 0 Å². The second-order valence-corrected chi connectivity index (χ2v) is 5.49. The van der Waals surface area contributed by atoms with Crippen LogP contribution >= 0.6 is 35.4 Å². The molecule has 2 N–H and O–H groups in total. The van der Waals surface area contributed by atoms with Gasteiger partial charge in [-0.3, -0.25) is 4.68 Å². The van der Waals surface area contributed by atoms with Crippen LogP contribution in [-0.2, 0) is 13.7 Å². The molecule has 0 unspecified atom stereocenters. The molecule has 2 rings (SSSR count). The molecule has 0 saturated heterocycles. The summed E-state index contributed by atoms with van der Waals surface area (Å²) in [6, 6.07) is 5.17. The Morgan fingerprint density at radius 3 is 2.65 bits per heavy atom. The van der Waals surface area contributed by atoms with Crippen LogP contribution in [0.2, 0.25) is 10.0 Å². The highest BCUT2D eigenvalue weighted by molar-refractivity contribution is 7.80. The van der Waals surface area contributed by atoms with Gasteiger partial charge in [0.05, 0.1) is 21.4 Å². The van der Waals surface area contributed by atoms with Gasteiger partial charge in [-0.2, -0.15) is 5.10 Å². The normalized spacial score (nSPS) is 10.6. The second-order valence-electron chi connectivity index (χ2n) is 4.26. The number of aryl methyl sites for hydroxylation is 2. The van der Waals surface area contributed by atoms with Crippen LogP contribution in [0, 0.1) is 6.92 Å². The van der Waals surface area contributed by atoms with Crippen molar-refractivity contribution in [2.75, 3.05) is 0 Å². The molecular weight excluding hydrogens is 317 g/mol. The highest BCUT2D eigenvalue weighted by Gasteiger charge is 2.12. The van der Waals surface area contributed by atoms with E-state index < -0.39 is 0 Å². The van der Waals surface area contributed by atoms with Crippen molar-refractivity contribution in [1.29, 1.82) is 0 Å². The van der Waals surface area contributed by atoms with E-state index in [0.29, 0.717) is 28.0 Å². The number of hydrogen-bond donors (Lipinski definition) is 1. The lowest BCUT2D eigenvalue weighted by atomic mass is 10.2. The lowest BCUT2D eigenvalue weighted by molar-refractivity contribution is 0.295. The summed E-state index contributed by atoms with van der Waals surface area (Å²) in [7, 11) is 1.82. The number of aromatic nitrogens is 2. The van der Waals surface area contributed by atoms with E-state index in [2.05, 4.69) is 5.10 Å². The molecule has 0 aliphatic carbocycles. The van der Waals surface area contributed by atoms with E-state index in [9.17, 15) is 0 Å². The highest BCUT2D eigenvalue weighted by Crippen LogP contribution is 2.25. The smallest absolute Gasteiger partial charge is 0.131 e. The number of thiocarbonyl (C=S) groups is 1. The van der Waals surface area contributed by atoms with Crippen LogP contribution in [0.4, 0.5) is 0 Å². The van der Waals surface area contributed by atoms with Crippen molar-refractivity contribution in [1.82, 2.24) is 9.78 Å². The van der Waals surface area contributed by atoms with Crippen molar-refractivity contribution in [2.24, 2.45) is 12.8 Å². The first-order valence-corrected chi connectivity index (χ1v) is 6.96. The van der Waals surface area contributed by atoms with Gasteiger partial charge < -0.3 is 10.5 Å². The van der Waals surface area contributed by atoms with Crippen LogP contribution in [-0.4, -0.2) is 14.8 Å². The molecule has 20 heavy (non-hydrogen) atoms. The van der Waals surface area contributed by atoms with E-state index in [1.54, 1.807) is 22.9 Å². The molecule has 0 aliphatic heterocycles. The predicted molar refractivity (Wildman–Crippen MR) is 84.6 cm³/mol. The average Bonchev–Trinajstić information content (AvgIpc) is 2.61. The molecule has 2 aromatic rings. The van der Waals surface area contributed by atoms with E-state index in [1.807, 2.05) is 14.0 Å². The van der Waals surface area contributed by atoms with Crippen molar-refractivity contribution in [3.8, 4) is 5.75 Å². The standard InChI is InChI=1S/C13H13Cl2N3OS/c1-7-12(15)11(18(2)17-7)6-19-8-3-4-9(13(16)20)10(14)5-8/h3-5H,6H2,1-2H3,(H2,16,20). The fourth-order valence-electron chi connectivity index (χ4n) is 1.77. The van der Waals surface area contributed by atoms with Crippen molar-refractivity contribution in [3.05, 3.63) is 45.2 Å². The number of hydrogen-bond acceptors (Lipinski definition) is 3. The number of benzene rings is 1. The average molecular weight is 330 g/mol. The molecule has 106 valence electrons. The van der Waals surface area contributed by atoms with Crippen LogP contribution in [0.3, 0.4) is 0 Å². The van der Waals surface area contributed by atoms with Crippen molar-refractivity contribution < 1.29 is 4.74 Å². The first-order chi connectivity index (χ1) is 9.40. The van der Waals surface area contributed by atoms with Crippen LogP contribution in [0.25, 0.3) is 0 Å². The maximum absolute atomic E-state index is 6.16. The Labute approximate surface area is 132 Å². The minimum absolute atomic E-state index is 0.256. The number of ether oxygens (including phenoxy) is 1. The molecule has 0 saturated carbocycles. The summed E-state index contributed by atoms with van der Waals surface area (Å²) in [6.45, 7) is 2.15. The fourth-order valence-corrected chi connectivity index (χ4v) is 2.50. The molecule has 1 heterocycles. The zero-order valence-corrected chi connectivity index (χ0v) is 13.3. The summed E-state index contributed by atoms with van der Waals surface area (Å²) >= 11 is 17.1. The first kappa shape index (κ1) is 15.1. The first-order valence-electron chi connectivity index (χ1n) is 5.80. The lowest BCUT2D eigenvalue weighted by Gasteiger charge is -2.09. The maximum atomic E-state index is 6.16. The Morgan fingerprint density at radius 2 is 2.15 bits per heavy atom. The van der Waals surface area contributed by atoms with Crippen LogP contribution < -0.4 is 10.5 Å². The van der Waals surface area contributed by atoms with E-state index in [4.69, 9.17) is 45.9 Å². The van der Waals surface area contributed by atoms with Crippen molar-refractivity contribution in [2.45, 2.75) is 13.5 Å². The van der Waals surface area contributed by atoms with Crippen molar-refractivity contribution >= 4 is 40.4 Å². The van der Waals surface area contributed by atoms with Gasteiger partial charge in [-0.05, 0) is 25.1 Å². The van der Waals surface area contributed by atoms with E-state index >= 15 is 0 Å². The monoisotopic (exact) mass is 329 g/mol. The Morgan fingerprint density at radius 1 is 1.45 bits per heavy atom. The van der Waals surface area contributed by atoms with Crippen molar-refractivity contribution in [3.63, 3.8) is 0 Å². The molecule has 0 aliphatic rings. The summed E-state index contributed by atoms with van der Waals surface area (Å²) in [6.07, 6.45) is 0. The molecular formula is C13H13Cl2N3OS. The van der Waals surface area contributed by atoms with Gasteiger partial charge in [0.15, 0.2) is 0 Å².